The van der Waals surface area contributed by atoms with Gasteiger partial charge in [0, 0.05) is 0 Å². The Labute approximate surface area is 96.8 Å². The summed E-state index contributed by atoms with van der Waals surface area (Å²) in [7, 11) is 0. The predicted molar refractivity (Wildman–Crippen MR) is 55.4 cm³/mol. The second-order valence-electron chi connectivity index (χ2n) is 2.35. The summed E-state index contributed by atoms with van der Waals surface area (Å²) in [5.74, 6) is -0.884. The van der Waals surface area contributed by atoms with E-state index in [1.165, 1.54) is 0 Å². The van der Waals surface area contributed by atoms with Gasteiger partial charge in [0.1, 0.15) is 11.4 Å². The summed E-state index contributed by atoms with van der Waals surface area (Å²) in [6.45, 7) is 0. The summed E-state index contributed by atoms with van der Waals surface area (Å²) in [6, 6.07) is 1.16. The second kappa shape index (κ2) is 4.35. The van der Waals surface area contributed by atoms with Crippen LogP contribution in [-0.4, -0.2) is 10.9 Å². The van der Waals surface area contributed by atoms with Crippen LogP contribution in [0.15, 0.2) is 6.07 Å². The zero-order chi connectivity index (χ0) is 10.9. The van der Waals surface area contributed by atoms with E-state index in [4.69, 9.17) is 17.3 Å². The molecule has 0 saturated heterocycles. The van der Waals surface area contributed by atoms with Gasteiger partial charge >= 0.3 is 0 Å². The fourth-order valence-corrected chi connectivity index (χ4v) is 1.50. The number of halogens is 4. The van der Waals surface area contributed by atoms with Crippen molar-refractivity contribution in [1.82, 2.24) is 4.98 Å². The standard InChI is InChI=1S/C7H4ClF2IN2O/c8-2-1-3(7(12)14)13-5(4(2)11)6(9)10/h1,6H,(H2,12,14). The summed E-state index contributed by atoms with van der Waals surface area (Å²) in [6.07, 6.45) is -2.78. The number of primary amides is 1. The van der Waals surface area contributed by atoms with Gasteiger partial charge < -0.3 is 5.73 Å². The van der Waals surface area contributed by atoms with Gasteiger partial charge in [-0.15, -0.1) is 0 Å². The number of alkyl halides is 2. The fourth-order valence-electron chi connectivity index (χ4n) is 0.788. The number of rotatable bonds is 2. The van der Waals surface area contributed by atoms with E-state index in [0.717, 1.165) is 6.07 Å². The molecule has 76 valence electrons. The van der Waals surface area contributed by atoms with Crippen LogP contribution in [0.1, 0.15) is 22.6 Å². The van der Waals surface area contributed by atoms with Crippen LogP contribution in [-0.2, 0) is 0 Å². The predicted octanol–water partition coefficient (Wildman–Crippen LogP) is 2.38. The molecule has 7 heteroatoms. The lowest BCUT2D eigenvalue weighted by molar-refractivity contribution is 0.0993. The molecule has 0 saturated carbocycles. The molecule has 0 spiro atoms. The Morgan fingerprint density at radius 2 is 2.21 bits per heavy atom. The Morgan fingerprint density at radius 1 is 1.64 bits per heavy atom. The largest absolute Gasteiger partial charge is 0.364 e. The number of aromatic nitrogens is 1. The molecule has 1 aromatic heterocycles. The Balaban J connectivity index is 3.35. The molecule has 0 aliphatic heterocycles. The van der Waals surface area contributed by atoms with Crippen molar-refractivity contribution < 1.29 is 13.6 Å². The van der Waals surface area contributed by atoms with E-state index >= 15 is 0 Å². The van der Waals surface area contributed by atoms with Crippen LogP contribution in [0.4, 0.5) is 8.78 Å². The molecular formula is C7H4ClF2IN2O. The number of hydrogen-bond donors (Lipinski definition) is 1. The summed E-state index contributed by atoms with van der Waals surface area (Å²) in [5.41, 5.74) is 4.11. The molecule has 0 aromatic carbocycles. The molecule has 1 rings (SSSR count). The number of carbonyl (C=O) groups is 1. The van der Waals surface area contributed by atoms with Crippen LogP contribution >= 0.6 is 34.2 Å². The molecule has 0 bridgehead atoms. The minimum Gasteiger partial charge on any atom is -0.364 e. The molecular weight excluding hydrogens is 328 g/mol. The average Bonchev–Trinajstić information content (AvgIpc) is 2.08. The SMILES string of the molecule is NC(=O)c1cc(Cl)c(I)c(C(F)F)n1. The summed E-state index contributed by atoms with van der Waals surface area (Å²) in [4.78, 5) is 14.1. The molecule has 0 aliphatic carbocycles. The lowest BCUT2D eigenvalue weighted by atomic mass is 10.3. The van der Waals surface area contributed by atoms with Gasteiger partial charge in [0.25, 0.3) is 12.3 Å². The fraction of sp³-hybridized carbons (Fsp3) is 0.143. The third-order valence-corrected chi connectivity index (χ3v) is 3.15. The summed E-state index contributed by atoms with van der Waals surface area (Å²) < 4.78 is 24.9. The van der Waals surface area contributed by atoms with Gasteiger partial charge in [-0.1, -0.05) is 11.6 Å². The number of nitrogens with zero attached hydrogens (tertiary/aromatic N) is 1. The number of carbonyl (C=O) groups excluding carboxylic acids is 1. The molecule has 0 radical (unpaired) electrons. The zero-order valence-electron chi connectivity index (χ0n) is 6.60. The number of amides is 1. The smallest absolute Gasteiger partial charge is 0.281 e. The van der Waals surface area contributed by atoms with E-state index < -0.39 is 18.0 Å². The quantitative estimate of drug-likeness (QED) is 0.846. The van der Waals surface area contributed by atoms with Crippen molar-refractivity contribution in [2.24, 2.45) is 5.73 Å². The first-order valence-electron chi connectivity index (χ1n) is 3.37. The Hall–Kier alpha value is -0.500. The number of pyridine rings is 1. The third kappa shape index (κ3) is 2.30. The van der Waals surface area contributed by atoms with Crippen LogP contribution in [0.25, 0.3) is 0 Å². The maximum absolute atomic E-state index is 12.4. The lowest BCUT2D eigenvalue weighted by Gasteiger charge is -2.05. The molecule has 1 aromatic rings. The number of nitrogens with two attached hydrogens (primary N) is 1. The van der Waals surface area contributed by atoms with Gasteiger partial charge in [0.05, 0.1) is 8.59 Å². The van der Waals surface area contributed by atoms with Crippen molar-refractivity contribution in [3.8, 4) is 0 Å². The van der Waals surface area contributed by atoms with E-state index in [9.17, 15) is 13.6 Å². The van der Waals surface area contributed by atoms with Crippen molar-refractivity contribution in [3.05, 3.63) is 26.0 Å². The van der Waals surface area contributed by atoms with Gasteiger partial charge in [0.15, 0.2) is 0 Å². The molecule has 1 amide bonds. The first-order valence-corrected chi connectivity index (χ1v) is 4.83. The molecule has 0 aliphatic rings. The van der Waals surface area contributed by atoms with Gasteiger partial charge in [0.2, 0.25) is 0 Å². The number of hydrogen-bond acceptors (Lipinski definition) is 2. The monoisotopic (exact) mass is 332 g/mol. The topological polar surface area (TPSA) is 56.0 Å². The highest BCUT2D eigenvalue weighted by atomic mass is 127. The zero-order valence-corrected chi connectivity index (χ0v) is 9.51. The van der Waals surface area contributed by atoms with Crippen molar-refractivity contribution >= 4 is 40.1 Å². The van der Waals surface area contributed by atoms with Crippen molar-refractivity contribution in [3.63, 3.8) is 0 Å². The summed E-state index contributed by atoms with van der Waals surface area (Å²) >= 11 is 7.25. The molecule has 1 heterocycles. The van der Waals surface area contributed by atoms with Gasteiger partial charge in [-0.3, -0.25) is 4.79 Å². The molecule has 0 unspecified atom stereocenters. The van der Waals surface area contributed by atoms with E-state index in [0.29, 0.717) is 0 Å². The molecule has 3 nitrogen and oxygen atoms in total. The molecule has 0 fully saturated rings. The minimum atomic E-state index is -2.78. The van der Waals surface area contributed by atoms with Crippen LogP contribution in [0, 0.1) is 3.57 Å². The third-order valence-electron chi connectivity index (χ3n) is 1.40. The maximum atomic E-state index is 12.4. The van der Waals surface area contributed by atoms with Crippen LogP contribution in [0.5, 0.6) is 0 Å². The maximum Gasteiger partial charge on any atom is 0.281 e. The van der Waals surface area contributed by atoms with E-state index in [2.05, 4.69) is 4.98 Å². The summed E-state index contributed by atoms with van der Waals surface area (Å²) in [5, 5.41) is 0.0460. The van der Waals surface area contributed by atoms with E-state index in [1.54, 1.807) is 22.6 Å². The average molecular weight is 332 g/mol. The Kier molecular flexibility index (Phi) is 3.59. The Bertz CT molecular complexity index is 386. The Morgan fingerprint density at radius 3 is 2.64 bits per heavy atom. The lowest BCUT2D eigenvalue weighted by Crippen LogP contribution is -2.15. The minimum absolute atomic E-state index is 0.0460. The van der Waals surface area contributed by atoms with Gasteiger partial charge in [-0.05, 0) is 28.7 Å². The van der Waals surface area contributed by atoms with Gasteiger partial charge in [-0.2, -0.15) is 0 Å². The van der Waals surface area contributed by atoms with Crippen LogP contribution < -0.4 is 5.73 Å². The highest BCUT2D eigenvalue weighted by Gasteiger charge is 2.18. The first-order chi connectivity index (χ1) is 6.43. The molecule has 2 N–H and O–H groups in total. The van der Waals surface area contributed by atoms with Crippen LogP contribution in [0.3, 0.4) is 0 Å². The normalized spacial score (nSPS) is 10.6. The molecule has 0 atom stereocenters. The van der Waals surface area contributed by atoms with Crippen molar-refractivity contribution in [2.75, 3.05) is 0 Å². The van der Waals surface area contributed by atoms with E-state index in [-0.39, 0.29) is 14.3 Å². The van der Waals surface area contributed by atoms with Crippen molar-refractivity contribution in [2.45, 2.75) is 6.43 Å². The second-order valence-corrected chi connectivity index (χ2v) is 3.84. The highest BCUT2D eigenvalue weighted by molar-refractivity contribution is 14.1. The highest BCUT2D eigenvalue weighted by Crippen LogP contribution is 2.28. The van der Waals surface area contributed by atoms with E-state index in [1.807, 2.05) is 0 Å². The van der Waals surface area contributed by atoms with Crippen molar-refractivity contribution in [1.29, 1.82) is 0 Å². The molecule has 14 heavy (non-hydrogen) atoms. The van der Waals surface area contributed by atoms with Crippen LogP contribution in [0.2, 0.25) is 5.02 Å². The van der Waals surface area contributed by atoms with Gasteiger partial charge in [-0.25, -0.2) is 13.8 Å². The first kappa shape index (κ1) is 11.6.